The predicted molar refractivity (Wildman–Crippen MR) is 87.3 cm³/mol. The van der Waals surface area contributed by atoms with Gasteiger partial charge in [-0.25, -0.2) is 24.1 Å². The lowest BCUT2D eigenvalue weighted by Gasteiger charge is -2.04. The maximum Gasteiger partial charge on any atom is 0.356 e. The van der Waals surface area contributed by atoms with Gasteiger partial charge in [0.2, 0.25) is 0 Å². The summed E-state index contributed by atoms with van der Waals surface area (Å²) in [5.41, 5.74) is 0.272. The van der Waals surface area contributed by atoms with E-state index in [4.69, 9.17) is 5.11 Å². The summed E-state index contributed by atoms with van der Waals surface area (Å²) in [5.74, 6) is -1.81. The number of nitrogens with one attached hydrogen (secondary N) is 1. The molecule has 0 aliphatic carbocycles. The molecule has 0 fully saturated rings. The Kier molecular flexibility index (Phi) is 4.42. The molecule has 0 saturated heterocycles. The maximum atomic E-state index is 12.9. The molecule has 0 saturated carbocycles. The Hall–Kier alpha value is -2.92. The highest BCUT2D eigenvalue weighted by molar-refractivity contribution is 7.92. The van der Waals surface area contributed by atoms with Gasteiger partial charge in [-0.3, -0.25) is 4.72 Å². The molecule has 0 radical (unpaired) electrons. The standard InChI is InChI=1S/C14H9FN4O4S2/c15-9-3-1-8(2-4-9)13-18-12(7-24-13)25(22,23)19-11-6-16-10(5-17-11)14(20)21/h1-7H,(H,17,19)(H,20,21). The minimum Gasteiger partial charge on any atom is -0.476 e. The molecule has 0 aliphatic rings. The quantitative estimate of drug-likeness (QED) is 0.696. The van der Waals surface area contributed by atoms with Crippen LogP contribution in [0.4, 0.5) is 10.2 Å². The smallest absolute Gasteiger partial charge is 0.356 e. The van der Waals surface area contributed by atoms with Gasteiger partial charge in [0, 0.05) is 10.9 Å². The number of aromatic carboxylic acids is 1. The van der Waals surface area contributed by atoms with Crippen molar-refractivity contribution in [1.82, 2.24) is 15.0 Å². The van der Waals surface area contributed by atoms with Gasteiger partial charge in [0.1, 0.15) is 10.8 Å². The Labute approximate surface area is 145 Å². The number of hydrogen-bond donors (Lipinski definition) is 2. The largest absolute Gasteiger partial charge is 0.476 e. The second kappa shape index (κ2) is 6.53. The second-order valence-electron chi connectivity index (χ2n) is 4.70. The number of carbonyl (C=O) groups is 1. The van der Waals surface area contributed by atoms with E-state index in [1.807, 2.05) is 0 Å². The van der Waals surface area contributed by atoms with E-state index in [-0.39, 0.29) is 16.5 Å². The Morgan fingerprint density at radius 1 is 1.16 bits per heavy atom. The minimum absolute atomic E-state index is 0.138. The number of anilines is 1. The van der Waals surface area contributed by atoms with Crippen LogP contribution in [-0.2, 0) is 10.0 Å². The molecule has 0 spiro atoms. The molecule has 2 N–H and O–H groups in total. The highest BCUT2D eigenvalue weighted by Gasteiger charge is 2.20. The SMILES string of the molecule is O=C(O)c1cnc(NS(=O)(=O)c2csc(-c3ccc(F)cc3)n2)cn1. The summed E-state index contributed by atoms with van der Waals surface area (Å²) in [7, 11) is -4.02. The molecule has 25 heavy (non-hydrogen) atoms. The average molecular weight is 380 g/mol. The Morgan fingerprint density at radius 2 is 1.88 bits per heavy atom. The lowest BCUT2D eigenvalue weighted by atomic mass is 10.2. The van der Waals surface area contributed by atoms with E-state index in [1.54, 1.807) is 0 Å². The van der Waals surface area contributed by atoms with Crippen LogP contribution in [0.2, 0.25) is 0 Å². The fraction of sp³-hybridized carbons (Fsp3) is 0. The van der Waals surface area contributed by atoms with E-state index in [0.717, 1.165) is 23.7 Å². The topological polar surface area (TPSA) is 122 Å². The monoisotopic (exact) mass is 380 g/mol. The first kappa shape index (κ1) is 16.9. The van der Waals surface area contributed by atoms with Crippen LogP contribution in [0.25, 0.3) is 10.6 Å². The lowest BCUT2D eigenvalue weighted by Crippen LogP contribution is -2.15. The summed E-state index contributed by atoms with van der Waals surface area (Å²) in [6.45, 7) is 0. The van der Waals surface area contributed by atoms with E-state index in [0.29, 0.717) is 10.6 Å². The molecule has 1 aromatic carbocycles. The fourth-order valence-electron chi connectivity index (χ4n) is 1.79. The molecular weight excluding hydrogens is 371 g/mol. The van der Waals surface area contributed by atoms with Gasteiger partial charge in [0.25, 0.3) is 10.0 Å². The third-order valence-corrected chi connectivity index (χ3v) is 5.24. The summed E-state index contributed by atoms with van der Waals surface area (Å²) in [5, 5.41) is 10.2. The average Bonchev–Trinajstić information content (AvgIpc) is 3.06. The van der Waals surface area contributed by atoms with Crippen molar-refractivity contribution in [3.8, 4) is 10.6 Å². The number of rotatable bonds is 5. The number of benzene rings is 1. The molecule has 11 heteroatoms. The van der Waals surface area contributed by atoms with Gasteiger partial charge < -0.3 is 5.11 Å². The van der Waals surface area contributed by atoms with Gasteiger partial charge in [-0.2, -0.15) is 8.42 Å². The number of hydrogen-bond acceptors (Lipinski definition) is 7. The number of carboxylic acids is 1. The molecule has 3 aromatic rings. The van der Waals surface area contributed by atoms with E-state index in [9.17, 15) is 17.6 Å². The van der Waals surface area contributed by atoms with Crippen LogP contribution in [0, 0.1) is 5.82 Å². The van der Waals surface area contributed by atoms with Gasteiger partial charge in [-0.15, -0.1) is 11.3 Å². The molecular formula is C14H9FN4O4S2. The second-order valence-corrected chi connectivity index (χ2v) is 7.18. The zero-order chi connectivity index (χ0) is 18.0. The van der Waals surface area contributed by atoms with Gasteiger partial charge >= 0.3 is 5.97 Å². The van der Waals surface area contributed by atoms with Crippen molar-refractivity contribution < 1.29 is 22.7 Å². The van der Waals surface area contributed by atoms with E-state index < -0.39 is 21.8 Å². The lowest BCUT2D eigenvalue weighted by molar-refractivity contribution is 0.0690. The van der Waals surface area contributed by atoms with Crippen molar-refractivity contribution in [2.45, 2.75) is 5.03 Å². The maximum absolute atomic E-state index is 12.9. The Morgan fingerprint density at radius 3 is 2.48 bits per heavy atom. The van der Waals surface area contributed by atoms with Gasteiger partial charge in [0.05, 0.1) is 12.4 Å². The zero-order valence-electron chi connectivity index (χ0n) is 12.2. The summed E-state index contributed by atoms with van der Waals surface area (Å²) in [6.07, 6.45) is 1.93. The third-order valence-electron chi connectivity index (χ3n) is 2.96. The van der Waals surface area contributed by atoms with E-state index in [2.05, 4.69) is 19.7 Å². The normalized spacial score (nSPS) is 11.2. The van der Waals surface area contributed by atoms with Crippen molar-refractivity contribution in [2.75, 3.05) is 4.72 Å². The van der Waals surface area contributed by atoms with Gasteiger partial charge in [-0.05, 0) is 24.3 Å². The minimum atomic E-state index is -4.02. The fourth-order valence-corrected chi connectivity index (χ4v) is 3.88. The number of carboxylic acid groups (broad SMARTS) is 1. The van der Waals surface area contributed by atoms with Crippen molar-refractivity contribution in [2.24, 2.45) is 0 Å². The number of nitrogens with zero attached hydrogens (tertiary/aromatic N) is 3. The number of halogens is 1. The van der Waals surface area contributed by atoms with Crippen LogP contribution >= 0.6 is 11.3 Å². The number of sulfonamides is 1. The molecule has 128 valence electrons. The van der Waals surface area contributed by atoms with Crippen molar-refractivity contribution in [1.29, 1.82) is 0 Å². The first-order valence-corrected chi connectivity index (χ1v) is 9.01. The van der Waals surface area contributed by atoms with Crippen LogP contribution in [0.5, 0.6) is 0 Å². The predicted octanol–water partition coefficient (Wildman–Crippen LogP) is 2.24. The molecule has 0 amide bonds. The molecule has 0 atom stereocenters. The molecule has 0 bridgehead atoms. The molecule has 0 unspecified atom stereocenters. The van der Waals surface area contributed by atoms with Crippen LogP contribution in [0.1, 0.15) is 10.5 Å². The first-order valence-electron chi connectivity index (χ1n) is 6.65. The highest BCUT2D eigenvalue weighted by atomic mass is 32.2. The van der Waals surface area contributed by atoms with Crippen LogP contribution < -0.4 is 4.72 Å². The molecule has 0 aliphatic heterocycles. The van der Waals surface area contributed by atoms with Gasteiger partial charge in [-0.1, -0.05) is 0 Å². The van der Waals surface area contributed by atoms with Crippen molar-refractivity contribution in [3.05, 3.63) is 53.6 Å². The Balaban J connectivity index is 1.83. The summed E-state index contributed by atoms with van der Waals surface area (Å²) in [4.78, 5) is 22.0. The third kappa shape index (κ3) is 3.78. The van der Waals surface area contributed by atoms with E-state index >= 15 is 0 Å². The first-order chi connectivity index (χ1) is 11.8. The van der Waals surface area contributed by atoms with Crippen LogP contribution in [-0.4, -0.2) is 34.4 Å². The summed E-state index contributed by atoms with van der Waals surface area (Å²) in [6, 6.07) is 5.49. The number of thiazole rings is 1. The van der Waals surface area contributed by atoms with E-state index in [1.165, 1.54) is 29.6 Å². The molecule has 8 nitrogen and oxygen atoms in total. The summed E-state index contributed by atoms with van der Waals surface area (Å²) >= 11 is 1.09. The van der Waals surface area contributed by atoms with Crippen molar-refractivity contribution in [3.63, 3.8) is 0 Å². The Bertz CT molecular complexity index is 1020. The van der Waals surface area contributed by atoms with Crippen LogP contribution in [0.15, 0.2) is 47.1 Å². The molecule has 2 aromatic heterocycles. The molecule has 3 rings (SSSR count). The van der Waals surface area contributed by atoms with Crippen LogP contribution in [0.3, 0.4) is 0 Å². The van der Waals surface area contributed by atoms with Crippen molar-refractivity contribution >= 4 is 33.1 Å². The highest BCUT2D eigenvalue weighted by Crippen LogP contribution is 2.26. The number of aromatic nitrogens is 3. The zero-order valence-corrected chi connectivity index (χ0v) is 13.9. The summed E-state index contributed by atoms with van der Waals surface area (Å²) < 4.78 is 39.7. The van der Waals surface area contributed by atoms with Gasteiger partial charge in [0.15, 0.2) is 16.5 Å². The molecule has 2 heterocycles.